The van der Waals surface area contributed by atoms with Gasteiger partial charge in [-0.25, -0.2) is 0 Å². The number of thiophene rings is 1. The van der Waals surface area contributed by atoms with E-state index in [-0.39, 0.29) is 5.78 Å². The van der Waals surface area contributed by atoms with Crippen molar-refractivity contribution >= 4 is 17.1 Å². The lowest BCUT2D eigenvalue weighted by Gasteiger charge is -2.16. The summed E-state index contributed by atoms with van der Waals surface area (Å²) in [4.78, 5) is 13.3. The van der Waals surface area contributed by atoms with Crippen LogP contribution in [0.25, 0.3) is 0 Å². The van der Waals surface area contributed by atoms with Gasteiger partial charge in [-0.3, -0.25) is 4.79 Å². The van der Waals surface area contributed by atoms with Crippen molar-refractivity contribution in [1.29, 1.82) is 0 Å². The Morgan fingerprint density at radius 1 is 1.11 bits per heavy atom. The number of carbonyl (C=O) groups is 1. The lowest BCUT2D eigenvalue weighted by molar-refractivity contribution is 0.104. The molecule has 92 valence electrons. The molecule has 3 rings (SSSR count). The second-order valence-electron chi connectivity index (χ2n) is 4.95. The zero-order valence-electron chi connectivity index (χ0n) is 10.5. The minimum atomic E-state index is 0.177. The average Bonchev–Trinajstić information content (AvgIpc) is 2.83. The zero-order valence-corrected chi connectivity index (χ0v) is 11.3. The molecule has 1 aliphatic carbocycles. The van der Waals surface area contributed by atoms with Gasteiger partial charge < -0.3 is 0 Å². The van der Waals surface area contributed by atoms with E-state index in [4.69, 9.17) is 0 Å². The molecule has 0 radical (unpaired) electrons. The van der Waals surface area contributed by atoms with Gasteiger partial charge in [-0.2, -0.15) is 0 Å². The van der Waals surface area contributed by atoms with Gasteiger partial charge in [0.05, 0.1) is 4.88 Å². The van der Waals surface area contributed by atoms with E-state index in [0.29, 0.717) is 0 Å². The van der Waals surface area contributed by atoms with Crippen molar-refractivity contribution in [3.05, 3.63) is 56.8 Å². The second kappa shape index (κ2) is 4.69. The van der Waals surface area contributed by atoms with E-state index >= 15 is 0 Å². The van der Waals surface area contributed by atoms with Crippen LogP contribution in [0, 0.1) is 6.92 Å². The lowest BCUT2D eigenvalue weighted by atomic mass is 9.89. The fourth-order valence-corrected chi connectivity index (χ4v) is 3.50. The first-order valence-corrected chi connectivity index (χ1v) is 7.34. The molecule has 0 aliphatic heterocycles. The molecule has 1 aliphatic rings. The lowest BCUT2D eigenvalue weighted by Crippen LogP contribution is -2.06. The minimum Gasteiger partial charge on any atom is -0.288 e. The monoisotopic (exact) mass is 256 g/mol. The summed E-state index contributed by atoms with van der Waals surface area (Å²) in [5, 5.41) is 1.99. The maximum Gasteiger partial charge on any atom is 0.203 e. The van der Waals surface area contributed by atoms with E-state index < -0.39 is 0 Å². The Balaban J connectivity index is 1.98. The third-order valence-corrected chi connectivity index (χ3v) is 4.69. The third kappa shape index (κ3) is 2.01. The van der Waals surface area contributed by atoms with Crippen molar-refractivity contribution in [1.82, 2.24) is 0 Å². The molecule has 0 atom stereocenters. The highest BCUT2D eigenvalue weighted by Crippen LogP contribution is 2.25. The largest absolute Gasteiger partial charge is 0.288 e. The molecular formula is C16H16OS. The highest BCUT2D eigenvalue weighted by molar-refractivity contribution is 7.12. The Kier molecular flexibility index (Phi) is 3.04. The average molecular weight is 256 g/mol. The van der Waals surface area contributed by atoms with Crippen molar-refractivity contribution in [3.8, 4) is 0 Å². The van der Waals surface area contributed by atoms with Gasteiger partial charge in [-0.1, -0.05) is 12.1 Å². The number of aryl methyl sites for hydroxylation is 3. The first-order chi connectivity index (χ1) is 8.75. The molecule has 0 unspecified atom stereocenters. The van der Waals surface area contributed by atoms with E-state index in [9.17, 15) is 4.79 Å². The molecule has 2 aromatic rings. The molecular weight excluding hydrogens is 240 g/mol. The molecule has 0 bridgehead atoms. The summed E-state index contributed by atoms with van der Waals surface area (Å²) in [7, 11) is 0. The Hall–Kier alpha value is -1.41. The van der Waals surface area contributed by atoms with E-state index in [1.54, 1.807) is 11.3 Å². The highest BCUT2D eigenvalue weighted by Gasteiger charge is 2.16. The number of fused-ring (bicyclic) bond motifs is 1. The van der Waals surface area contributed by atoms with Gasteiger partial charge in [0.15, 0.2) is 0 Å². The molecule has 0 amide bonds. The molecule has 18 heavy (non-hydrogen) atoms. The van der Waals surface area contributed by atoms with Gasteiger partial charge in [0.1, 0.15) is 0 Å². The Labute approximate surface area is 111 Å². The molecule has 1 nitrogen and oxygen atoms in total. The van der Waals surface area contributed by atoms with Crippen LogP contribution in [0.15, 0.2) is 29.6 Å². The van der Waals surface area contributed by atoms with Crippen molar-refractivity contribution in [2.24, 2.45) is 0 Å². The van der Waals surface area contributed by atoms with Crippen molar-refractivity contribution in [2.45, 2.75) is 32.6 Å². The molecule has 0 saturated carbocycles. The van der Waals surface area contributed by atoms with Gasteiger partial charge in [0.25, 0.3) is 0 Å². The van der Waals surface area contributed by atoms with E-state index in [0.717, 1.165) is 22.4 Å². The van der Waals surface area contributed by atoms with Crippen LogP contribution in [0.2, 0.25) is 0 Å². The number of benzene rings is 1. The van der Waals surface area contributed by atoms with Gasteiger partial charge in [0, 0.05) is 5.56 Å². The Morgan fingerprint density at radius 2 is 1.89 bits per heavy atom. The number of ketones is 1. The summed E-state index contributed by atoms with van der Waals surface area (Å²) in [6, 6.07) is 8.25. The predicted octanol–water partition coefficient (Wildman–Crippen LogP) is 4.17. The summed E-state index contributed by atoms with van der Waals surface area (Å²) in [6.45, 7) is 2.00. The third-order valence-electron chi connectivity index (χ3n) is 3.68. The molecule has 0 N–H and O–H groups in total. The van der Waals surface area contributed by atoms with Crippen LogP contribution in [-0.2, 0) is 12.8 Å². The summed E-state index contributed by atoms with van der Waals surface area (Å²) in [5.74, 6) is 0.177. The number of hydrogen-bond donors (Lipinski definition) is 0. The molecule has 0 fully saturated rings. The van der Waals surface area contributed by atoms with Crippen molar-refractivity contribution in [3.63, 3.8) is 0 Å². The maximum atomic E-state index is 12.4. The zero-order chi connectivity index (χ0) is 12.5. The van der Waals surface area contributed by atoms with E-state index in [2.05, 4.69) is 12.1 Å². The Bertz CT molecular complexity index is 595. The number of hydrogen-bond acceptors (Lipinski definition) is 2. The molecule has 1 aromatic carbocycles. The first kappa shape index (κ1) is 11.7. The maximum absolute atomic E-state index is 12.4. The standard InChI is InChI=1S/C16H16OS/c1-11-8-9-18-16(11)15(17)14-7-6-12-4-2-3-5-13(12)10-14/h6-10H,2-5H2,1H3. The number of carbonyl (C=O) groups excluding carboxylic acids is 1. The van der Waals surface area contributed by atoms with Crippen LogP contribution in [0.3, 0.4) is 0 Å². The normalized spacial score (nSPS) is 14.3. The smallest absolute Gasteiger partial charge is 0.203 e. The topological polar surface area (TPSA) is 17.1 Å². The van der Waals surface area contributed by atoms with Crippen LogP contribution in [-0.4, -0.2) is 5.78 Å². The predicted molar refractivity (Wildman–Crippen MR) is 75.6 cm³/mol. The van der Waals surface area contributed by atoms with Gasteiger partial charge in [-0.05, 0) is 66.8 Å². The minimum absolute atomic E-state index is 0.177. The van der Waals surface area contributed by atoms with E-state index in [1.165, 1.54) is 30.4 Å². The molecule has 1 aromatic heterocycles. The van der Waals surface area contributed by atoms with Crippen LogP contribution >= 0.6 is 11.3 Å². The second-order valence-corrected chi connectivity index (χ2v) is 5.87. The van der Waals surface area contributed by atoms with Crippen LogP contribution < -0.4 is 0 Å². The van der Waals surface area contributed by atoms with Crippen LogP contribution in [0.4, 0.5) is 0 Å². The number of rotatable bonds is 2. The molecule has 0 spiro atoms. The van der Waals surface area contributed by atoms with Crippen LogP contribution in [0.1, 0.15) is 44.8 Å². The van der Waals surface area contributed by atoms with Crippen molar-refractivity contribution in [2.75, 3.05) is 0 Å². The summed E-state index contributed by atoms with van der Waals surface area (Å²) < 4.78 is 0. The fourth-order valence-electron chi connectivity index (χ4n) is 2.61. The summed E-state index contributed by atoms with van der Waals surface area (Å²) in [5.41, 5.74) is 4.74. The Morgan fingerprint density at radius 3 is 2.61 bits per heavy atom. The highest BCUT2D eigenvalue weighted by atomic mass is 32.1. The van der Waals surface area contributed by atoms with Crippen molar-refractivity contribution < 1.29 is 4.79 Å². The molecule has 0 saturated heterocycles. The van der Waals surface area contributed by atoms with Gasteiger partial charge in [-0.15, -0.1) is 11.3 Å². The first-order valence-electron chi connectivity index (χ1n) is 6.46. The molecule has 2 heteroatoms. The van der Waals surface area contributed by atoms with Crippen LogP contribution in [0.5, 0.6) is 0 Å². The summed E-state index contributed by atoms with van der Waals surface area (Å²) in [6.07, 6.45) is 4.83. The SMILES string of the molecule is Cc1ccsc1C(=O)c1ccc2c(c1)CCCC2. The fraction of sp³-hybridized carbons (Fsp3) is 0.312. The summed E-state index contributed by atoms with van der Waals surface area (Å²) >= 11 is 1.54. The van der Waals surface area contributed by atoms with Gasteiger partial charge >= 0.3 is 0 Å². The van der Waals surface area contributed by atoms with Gasteiger partial charge in [0.2, 0.25) is 5.78 Å². The van der Waals surface area contributed by atoms with E-state index in [1.807, 2.05) is 24.4 Å². The quantitative estimate of drug-likeness (QED) is 0.737. The molecule has 1 heterocycles.